The minimum atomic E-state index is -1.01. The van der Waals surface area contributed by atoms with Gasteiger partial charge < -0.3 is 10.0 Å². The molecule has 7 nitrogen and oxygen atoms in total. The van der Waals surface area contributed by atoms with Crippen molar-refractivity contribution in [3.63, 3.8) is 0 Å². The highest BCUT2D eigenvalue weighted by atomic mass is 16.4. The van der Waals surface area contributed by atoms with Gasteiger partial charge in [-0.25, -0.2) is 4.68 Å². The highest BCUT2D eigenvalue weighted by Crippen LogP contribution is 2.24. The molecule has 0 aliphatic heterocycles. The number of hydrogen-bond donors (Lipinski definition) is 1. The molecule has 0 radical (unpaired) electrons. The Bertz CT molecular complexity index is 465. The van der Waals surface area contributed by atoms with Gasteiger partial charge in [0.1, 0.15) is 6.54 Å². The molecule has 19 heavy (non-hydrogen) atoms. The number of aliphatic carboxylic acids is 1. The summed E-state index contributed by atoms with van der Waals surface area (Å²) in [4.78, 5) is 24.7. The van der Waals surface area contributed by atoms with Crippen LogP contribution in [0.3, 0.4) is 0 Å². The Morgan fingerprint density at radius 1 is 1.47 bits per heavy atom. The van der Waals surface area contributed by atoms with Crippen LogP contribution in [0, 0.1) is 0 Å². The van der Waals surface area contributed by atoms with Crippen LogP contribution in [0.1, 0.15) is 43.1 Å². The number of aromatic nitrogens is 3. The van der Waals surface area contributed by atoms with Crippen LogP contribution in [0.2, 0.25) is 0 Å². The maximum atomic E-state index is 12.3. The zero-order valence-electron chi connectivity index (χ0n) is 10.9. The fraction of sp³-hybridized carbons (Fsp3) is 0.667. The van der Waals surface area contributed by atoms with Gasteiger partial charge in [0.2, 0.25) is 0 Å². The lowest BCUT2D eigenvalue weighted by atomic mass is 10.2. The van der Waals surface area contributed by atoms with E-state index in [0.717, 1.165) is 30.4 Å². The van der Waals surface area contributed by atoms with Crippen LogP contribution < -0.4 is 0 Å². The molecule has 1 heterocycles. The van der Waals surface area contributed by atoms with Crippen molar-refractivity contribution in [2.75, 3.05) is 6.54 Å². The van der Waals surface area contributed by atoms with E-state index in [9.17, 15) is 9.59 Å². The summed E-state index contributed by atoms with van der Waals surface area (Å²) in [6.45, 7) is 2.29. The topological polar surface area (TPSA) is 88.3 Å². The molecule has 1 N–H and O–H groups in total. The Morgan fingerprint density at radius 2 is 2.16 bits per heavy atom. The van der Waals surface area contributed by atoms with Crippen LogP contribution in [-0.4, -0.2) is 49.5 Å². The van der Waals surface area contributed by atoms with Crippen molar-refractivity contribution in [2.24, 2.45) is 0 Å². The largest absolute Gasteiger partial charge is 0.480 e. The maximum Gasteiger partial charge on any atom is 0.325 e. The zero-order chi connectivity index (χ0) is 13.8. The highest BCUT2D eigenvalue weighted by molar-refractivity contribution is 5.92. The summed E-state index contributed by atoms with van der Waals surface area (Å²) in [5.74, 6) is -1.17. The van der Waals surface area contributed by atoms with E-state index in [0.29, 0.717) is 6.54 Å². The van der Waals surface area contributed by atoms with E-state index in [4.69, 9.17) is 5.11 Å². The molecule has 104 valence electrons. The molecule has 7 heteroatoms. The predicted molar refractivity (Wildman–Crippen MR) is 66.6 cm³/mol. The van der Waals surface area contributed by atoms with Crippen LogP contribution >= 0.6 is 0 Å². The molecule has 1 fully saturated rings. The first-order chi connectivity index (χ1) is 9.11. The normalized spacial score (nSPS) is 15.6. The summed E-state index contributed by atoms with van der Waals surface area (Å²) >= 11 is 0. The van der Waals surface area contributed by atoms with Gasteiger partial charge in [0.25, 0.3) is 5.91 Å². The molecule has 2 rings (SSSR count). The highest BCUT2D eigenvalue weighted by Gasteiger charge is 2.27. The number of nitrogens with zero attached hydrogens (tertiary/aromatic N) is 4. The predicted octanol–water partition coefficient (Wildman–Crippen LogP) is 0.767. The average molecular weight is 266 g/mol. The lowest BCUT2D eigenvalue weighted by Gasteiger charge is -2.26. The lowest BCUT2D eigenvalue weighted by molar-refractivity contribution is -0.137. The summed E-state index contributed by atoms with van der Waals surface area (Å²) < 4.78 is 1.16. The van der Waals surface area contributed by atoms with Gasteiger partial charge in [0.15, 0.2) is 5.69 Å². The van der Waals surface area contributed by atoms with Crippen molar-refractivity contribution in [1.82, 2.24) is 19.9 Å². The molecule has 1 amide bonds. The van der Waals surface area contributed by atoms with Gasteiger partial charge in [-0.2, -0.15) is 0 Å². The van der Waals surface area contributed by atoms with Gasteiger partial charge in [-0.15, -0.1) is 5.10 Å². The molecular weight excluding hydrogens is 248 g/mol. The van der Waals surface area contributed by atoms with E-state index in [-0.39, 0.29) is 24.2 Å². The second-order valence-corrected chi connectivity index (χ2v) is 4.72. The molecule has 0 spiro atoms. The van der Waals surface area contributed by atoms with Crippen molar-refractivity contribution >= 4 is 11.9 Å². The number of amides is 1. The zero-order valence-corrected chi connectivity index (χ0v) is 10.9. The molecule has 0 atom stereocenters. The van der Waals surface area contributed by atoms with Gasteiger partial charge in [-0.1, -0.05) is 18.1 Å². The molecule has 0 saturated heterocycles. The van der Waals surface area contributed by atoms with Gasteiger partial charge in [0, 0.05) is 12.6 Å². The number of carboxylic acids is 1. The molecule has 1 saturated carbocycles. The smallest absolute Gasteiger partial charge is 0.325 e. The van der Waals surface area contributed by atoms with Gasteiger partial charge in [-0.3, -0.25) is 9.59 Å². The third-order valence-corrected chi connectivity index (χ3v) is 3.42. The first-order valence-corrected chi connectivity index (χ1v) is 6.54. The van der Waals surface area contributed by atoms with E-state index >= 15 is 0 Å². The van der Waals surface area contributed by atoms with Crippen molar-refractivity contribution in [2.45, 2.75) is 45.2 Å². The van der Waals surface area contributed by atoms with E-state index in [2.05, 4.69) is 10.3 Å². The van der Waals surface area contributed by atoms with E-state index in [1.165, 1.54) is 6.20 Å². The van der Waals surface area contributed by atoms with Crippen LogP contribution in [0.25, 0.3) is 0 Å². The third kappa shape index (κ3) is 3.10. The van der Waals surface area contributed by atoms with Crippen molar-refractivity contribution < 1.29 is 14.7 Å². The number of carbonyl (C=O) groups excluding carboxylic acids is 1. The fourth-order valence-corrected chi connectivity index (χ4v) is 2.54. The number of carbonyl (C=O) groups is 2. The molecule has 0 bridgehead atoms. The molecule has 1 aromatic rings. The molecule has 0 unspecified atom stereocenters. The monoisotopic (exact) mass is 266 g/mol. The summed E-state index contributed by atoms with van der Waals surface area (Å²) in [7, 11) is 0. The van der Waals surface area contributed by atoms with Crippen molar-refractivity contribution in [3.05, 3.63) is 11.9 Å². The Balaban J connectivity index is 2.08. The standard InChI is InChI=1S/C12H18N4O3/c1-2-16(9-5-3-4-6-9)12(19)10-7-15(14-13-10)8-11(17)18/h7,9H,2-6,8H2,1H3,(H,17,18). The van der Waals surface area contributed by atoms with E-state index in [1.54, 1.807) is 0 Å². The van der Waals surface area contributed by atoms with Crippen molar-refractivity contribution in [1.29, 1.82) is 0 Å². The summed E-state index contributed by atoms with van der Waals surface area (Å²) in [5.41, 5.74) is 0.218. The molecular formula is C12H18N4O3. The molecule has 1 aliphatic rings. The lowest BCUT2D eigenvalue weighted by Crippen LogP contribution is -2.38. The first-order valence-electron chi connectivity index (χ1n) is 6.54. The Kier molecular flexibility index (Phi) is 4.13. The second-order valence-electron chi connectivity index (χ2n) is 4.72. The second kappa shape index (κ2) is 5.81. The molecule has 0 aromatic carbocycles. The Labute approximate surface area is 111 Å². The summed E-state index contributed by atoms with van der Waals surface area (Å²) in [5, 5.41) is 16.1. The van der Waals surface area contributed by atoms with E-state index in [1.807, 2.05) is 11.8 Å². The Hall–Kier alpha value is -1.92. The summed E-state index contributed by atoms with van der Waals surface area (Å²) in [6, 6.07) is 0.280. The number of rotatable bonds is 5. The average Bonchev–Trinajstić information content (AvgIpc) is 3.00. The van der Waals surface area contributed by atoms with Crippen LogP contribution in [0.4, 0.5) is 0 Å². The SMILES string of the molecule is CCN(C(=O)c1cn(CC(=O)O)nn1)C1CCCC1. The minimum absolute atomic E-state index is 0.161. The van der Waals surface area contributed by atoms with Crippen LogP contribution in [0.15, 0.2) is 6.20 Å². The van der Waals surface area contributed by atoms with Crippen LogP contribution in [0.5, 0.6) is 0 Å². The van der Waals surface area contributed by atoms with Crippen molar-refractivity contribution in [3.8, 4) is 0 Å². The van der Waals surface area contributed by atoms with Gasteiger partial charge in [-0.05, 0) is 19.8 Å². The van der Waals surface area contributed by atoms with Gasteiger partial charge >= 0.3 is 5.97 Å². The molecule has 1 aliphatic carbocycles. The first kappa shape index (κ1) is 13.5. The van der Waals surface area contributed by atoms with Crippen LogP contribution in [-0.2, 0) is 11.3 Å². The quantitative estimate of drug-likeness (QED) is 0.850. The number of carboxylic acid groups (broad SMARTS) is 1. The molecule has 1 aromatic heterocycles. The third-order valence-electron chi connectivity index (χ3n) is 3.42. The Morgan fingerprint density at radius 3 is 2.74 bits per heavy atom. The fourth-order valence-electron chi connectivity index (χ4n) is 2.54. The number of hydrogen-bond acceptors (Lipinski definition) is 4. The minimum Gasteiger partial charge on any atom is -0.480 e. The van der Waals surface area contributed by atoms with E-state index < -0.39 is 5.97 Å². The summed E-state index contributed by atoms with van der Waals surface area (Å²) in [6.07, 6.45) is 5.76. The maximum absolute atomic E-state index is 12.3. The van der Waals surface area contributed by atoms with Gasteiger partial charge in [0.05, 0.1) is 6.20 Å².